The Hall–Kier alpha value is -3.50. The molecule has 9 nitrogen and oxygen atoms in total. The van der Waals surface area contributed by atoms with Gasteiger partial charge in [-0.05, 0) is 49.1 Å². The van der Waals surface area contributed by atoms with Crippen LogP contribution in [0.1, 0.15) is 35.3 Å². The fraction of sp³-hybridized carbons (Fsp3) is 0.370. The van der Waals surface area contributed by atoms with Crippen molar-refractivity contribution in [2.24, 2.45) is 5.92 Å². The van der Waals surface area contributed by atoms with Gasteiger partial charge in [0.15, 0.2) is 0 Å². The molecule has 1 fully saturated rings. The molecule has 6 bridgehead atoms. The number of fused-ring (bicyclic) bond motifs is 6. The highest BCUT2D eigenvalue weighted by Gasteiger charge is 2.34. The van der Waals surface area contributed by atoms with Crippen LogP contribution in [0, 0.1) is 19.8 Å². The number of benzene rings is 2. The van der Waals surface area contributed by atoms with E-state index in [1.54, 1.807) is 23.1 Å². The molecule has 1 aromatic heterocycles. The van der Waals surface area contributed by atoms with E-state index in [0.29, 0.717) is 30.9 Å². The van der Waals surface area contributed by atoms with E-state index in [9.17, 15) is 13.2 Å². The van der Waals surface area contributed by atoms with Crippen molar-refractivity contribution in [1.29, 1.82) is 0 Å². The molecule has 2 N–H and O–H groups in total. The molecule has 37 heavy (non-hydrogen) atoms. The molecule has 1 amide bonds. The summed E-state index contributed by atoms with van der Waals surface area (Å²) in [5.41, 5.74) is 3.74. The summed E-state index contributed by atoms with van der Waals surface area (Å²) in [7, 11) is -4.07. The van der Waals surface area contributed by atoms with E-state index in [-0.39, 0.29) is 34.6 Å². The lowest BCUT2D eigenvalue weighted by molar-refractivity contribution is 0.0554. The van der Waals surface area contributed by atoms with Gasteiger partial charge in [0.25, 0.3) is 15.9 Å². The van der Waals surface area contributed by atoms with Crippen LogP contribution in [0.15, 0.2) is 53.4 Å². The Morgan fingerprint density at radius 1 is 1.03 bits per heavy atom. The molecule has 2 aliphatic rings. The monoisotopic (exact) mass is 521 g/mol. The van der Waals surface area contributed by atoms with Crippen LogP contribution in [0.4, 0.5) is 5.95 Å². The largest absolute Gasteiger partial charge is 0.471 e. The molecule has 5 rings (SSSR count). The lowest BCUT2D eigenvalue weighted by atomic mass is 10.00. The summed E-state index contributed by atoms with van der Waals surface area (Å²) in [6.45, 7) is 9.54. The molecule has 3 aromatic rings. The van der Waals surface area contributed by atoms with Crippen LogP contribution in [-0.2, 0) is 10.0 Å². The van der Waals surface area contributed by atoms with E-state index in [4.69, 9.17) is 4.74 Å². The number of aryl methyl sites for hydroxylation is 2. The van der Waals surface area contributed by atoms with E-state index in [2.05, 4.69) is 33.9 Å². The SMILES string of the molecule is Cc1cccc(C)c1-c1cc2nc(n1)NS(=O)(=O)c1cccc(c1)C(=O)N1C[C@@H](CNC[C@@H]1C(C)C)O2. The van der Waals surface area contributed by atoms with Gasteiger partial charge in [0, 0.05) is 36.3 Å². The van der Waals surface area contributed by atoms with E-state index in [0.717, 1.165) is 16.7 Å². The summed E-state index contributed by atoms with van der Waals surface area (Å²) in [6, 6.07) is 13.6. The van der Waals surface area contributed by atoms with Gasteiger partial charge in [0.2, 0.25) is 11.8 Å². The third kappa shape index (κ3) is 5.03. The summed E-state index contributed by atoms with van der Waals surface area (Å²) >= 11 is 0. The summed E-state index contributed by atoms with van der Waals surface area (Å²) in [5.74, 6) is 0.0881. The highest BCUT2D eigenvalue weighted by Crippen LogP contribution is 2.30. The van der Waals surface area contributed by atoms with Crippen molar-refractivity contribution in [1.82, 2.24) is 20.2 Å². The Kier molecular flexibility index (Phi) is 6.63. The molecule has 2 atom stereocenters. The fourth-order valence-electron chi connectivity index (χ4n) is 5.02. The topological polar surface area (TPSA) is 114 Å². The molecule has 10 heteroatoms. The van der Waals surface area contributed by atoms with Crippen molar-refractivity contribution < 1.29 is 17.9 Å². The van der Waals surface area contributed by atoms with Gasteiger partial charge in [0.1, 0.15) is 6.10 Å². The minimum atomic E-state index is -4.07. The fourth-order valence-corrected chi connectivity index (χ4v) is 6.01. The van der Waals surface area contributed by atoms with E-state index < -0.39 is 16.1 Å². The summed E-state index contributed by atoms with van der Waals surface area (Å²) in [6.07, 6.45) is -0.401. The van der Waals surface area contributed by atoms with Gasteiger partial charge >= 0.3 is 0 Å². The van der Waals surface area contributed by atoms with Crippen LogP contribution >= 0.6 is 0 Å². The normalized spacial score (nSPS) is 21.1. The lowest BCUT2D eigenvalue weighted by Crippen LogP contribution is -2.48. The first-order valence-electron chi connectivity index (χ1n) is 12.4. The van der Waals surface area contributed by atoms with Crippen LogP contribution < -0.4 is 14.8 Å². The quantitative estimate of drug-likeness (QED) is 0.531. The summed E-state index contributed by atoms with van der Waals surface area (Å²) in [5, 5.41) is 3.43. The number of aromatic nitrogens is 2. The van der Waals surface area contributed by atoms with Crippen LogP contribution in [-0.4, -0.2) is 61.0 Å². The van der Waals surface area contributed by atoms with Crippen LogP contribution in [0.3, 0.4) is 0 Å². The maximum atomic E-state index is 13.7. The van der Waals surface area contributed by atoms with Gasteiger partial charge in [-0.1, -0.05) is 38.1 Å². The molecule has 3 heterocycles. The molecule has 0 saturated carbocycles. The Balaban J connectivity index is 1.69. The predicted molar refractivity (Wildman–Crippen MR) is 141 cm³/mol. The maximum absolute atomic E-state index is 13.7. The molecular weight excluding hydrogens is 490 g/mol. The number of amides is 1. The van der Waals surface area contributed by atoms with Crippen molar-refractivity contribution in [3.05, 3.63) is 65.2 Å². The zero-order chi connectivity index (χ0) is 26.3. The number of carbonyl (C=O) groups excluding carboxylic acids is 1. The number of sulfonamides is 1. The number of hydrogen-bond acceptors (Lipinski definition) is 7. The number of anilines is 1. The number of rotatable bonds is 2. The number of nitrogens with one attached hydrogen (secondary N) is 2. The standard InChI is InChI=1S/C27H31N5O4S/c1-16(2)23-14-28-13-20-15-32(23)26(33)19-9-6-10-21(11-19)37(34,35)31-27-29-22(12-24(30-27)36-20)25-17(3)7-5-8-18(25)4/h5-12,16,20,23,28H,13-15H2,1-4H3,(H,29,30,31)/t20-,23-/m1/s1. The summed E-state index contributed by atoms with van der Waals surface area (Å²) < 4.78 is 35.5. The highest BCUT2D eigenvalue weighted by molar-refractivity contribution is 7.92. The second kappa shape index (κ2) is 9.75. The van der Waals surface area contributed by atoms with Crippen molar-refractivity contribution in [3.8, 4) is 17.1 Å². The van der Waals surface area contributed by atoms with Gasteiger partial charge < -0.3 is 15.0 Å². The van der Waals surface area contributed by atoms with Gasteiger partial charge in [-0.25, -0.2) is 18.1 Å². The number of ether oxygens (including phenoxy) is 1. The van der Waals surface area contributed by atoms with E-state index in [1.165, 1.54) is 12.1 Å². The molecule has 2 aromatic carbocycles. The van der Waals surface area contributed by atoms with Gasteiger partial charge in [-0.15, -0.1) is 0 Å². The lowest BCUT2D eigenvalue weighted by Gasteiger charge is -2.34. The van der Waals surface area contributed by atoms with Crippen molar-refractivity contribution in [2.75, 3.05) is 24.4 Å². The van der Waals surface area contributed by atoms with E-state index >= 15 is 0 Å². The second-order valence-corrected chi connectivity index (χ2v) is 11.7. The summed E-state index contributed by atoms with van der Waals surface area (Å²) in [4.78, 5) is 24.4. The number of carbonyl (C=O) groups is 1. The average Bonchev–Trinajstić information content (AvgIpc) is 3.05. The first-order valence-corrected chi connectivity index (χ1v) is 13.9. The minimum absolute atomic E-state index is 0.0354. The van der Waals surface area contributed by atoms with Crippen LogP contribution in [0.2, 0.25) is 0 Å². The molecule has 0 spiro atoms. The van der Waals surface area contributed by atoms with Crippen molar-refractivity contribution in [2.45, 2.75) is 44.7 Å². The third-order valence-electron chi connectivity index (χ3n) is 6.90. The molecule has 0 aliphatic carbocycles. The minimum Gasteiger partial charge on any atom is -0.471 e. The molecule has 1 saturated heterocycles. The van der Waals surface area contributed by atoms with Crippen molar-refractivity contribution >= 4 is 21.9 Å². The Bertz CT molecular complexity index is 1440. The maximum Gasteiger partial charge on any atom is 0.264 e. The van der Waals surface area contributed by atoms with Gasteiger partial charge in [-0.3, -0.25) is 4.79 Å². The predicted octanol–water partition coefficient (Wildman–Crippen LogP) is 3.39. The zero-order valence-electron chi connectivity index (χ0n) is 21.4. The first kappa shape index (κ1) is 25.2. The molecule has 0 radical (unpaired) electrons. The average molecular weight is 522 g/mol. The second-order valence-electron chi connectivity index (χ2n) is 9.98. The van der Waals surface area contributed by atoms with Crippen molar-refractivity contribution in [3.63, 3.8) is 0 Å². The van der Waals surface area contributed by atoms with Crippen LogP contribution in [0.25, 0.3) is 11.3 Å². The zero-order valence-corrected chi connectivity index (χ0v) is 22.2. The van der Waals surface area contributed by atoms with Crippen LogP contribution in [0.5, 0.6) is 5.88 Å². The number of nitrogens with zero attached hydrogens (tertiary/aromatic N) is 3. The Labute approximate surface area is 217 Å². The van der Waals surface area contributed by atoms with Gasteiger partial charge in [0.05, 0.1) is 17.1 Å². The highest BCUT2D eigenvalue weighted by atomic mass is 32.2. The molecule has 2 aliphatic heterocycles. The Morgan fingerprint density at radius 3 is 2.49 bits per heavy atom. The first-order chi connectivity index (χ1) is 17.6. The van der Waals surface area contributed by atoms with E-state index in [1.807, 2.05) is 32.0 Å². The third-order valence-corrected chi connectivity index (χ3v) is 8.23. The smallest absolute Gasteiger partial charge is 0.264 e. The molecular formula is C27H31N5O4S. The molecule has 194 valence electrons. The van der Waals surface area contributed by atoms with Gasteiger partial charge in [-0.2, -0.15) is 4.98 Å². The number of hydrogen-bond donors (Lipinski definition) is 2. The Morgan fingerprint density at radius 2 is 1.76 bits per heavy atom. The molecule has 0 unspecified atom stereocenters.